The topological polar surface area (TPSA) is 85.4 Å². The highest BCUT2D eigenvalue weighted by Gasteiger charge is 2.61. The number of hydrogen-bond donors (Lipinski definition) is 1. The third-order valence-corrected chi connectivity index (χ3v) is 7.58. The van der Waals surface area contributed by atoms with Crippen LogP contribution in [0.25, 0.3) is 0 Å². The Kier molecular flexibility index (Phi) is 4.25. The summed E-state index contributed by atoms with van der Waals surface area (Å²) >= 11 is 5.83. The number of carbonyl (C=O) groups excluding carboxylic acids is 1. The molecule has 26 heavy (non-hydrogen) atoms. The molecule has 6 nitrogen and oxygen atoms in total. The van der Waals surface area contributed by atoms with Gasteiger partial charge in [-0.3, -0.25) is 9.78 Å². The molecule has 1 aromatic heterocycles. The number of fused-ring (bicyclic) bond motifs is 1. The van der Waals surface area contributed by atoms with Gasteiger partial charge in [-0.05, 0) is 43.2 Å². The van der Waals surface area contributed by atoms with E-state index in [1.807, 2.05) is 0 Å². The predicted molar refractivity (Wildman–Crippen MR) is 96.8 cm³/mol. The predicted octanol–water partition coefficient (Wildman–Crippen LogP) is 2.75. The molecule has 1 aromatic carbocycles. The zero-order valence-electron chi connectivity index (χ0n) is 13.9. The van der Waals surface area contributed by atoms with E-state index in [-0.39, 0.29) is 4.90 Å². The van der Waals surface area contributed by atoms with E-state index in [1.54, 1.807) is 12.3 Å². The normalized spacial score (nSPS) is 18.0. The van der Waals surface area contributed by atoms with Crippen molar-refractivity contribution >= 4 is 33.0 Å². The lowest BCUT2D eigenvalue weighted by molar-refractivity contribution is -0.116. The van der Waals surface area contributed by atoms with E-state index in [1.165, 1.54) is 24.3 Å². The van der Waals surface area contributed by atoms with Gasteiger partial charge in [-0.2, -0.15) is 0 Å². The average Bonchev–Trinajstić information content (AvgIpc) is 3.44. The Labute approximate surface area is 156 Å². The lowest BCUT2D eigenvalue weighted by Crippen LogP contribution is -2.37. The number of ether oxygens (including phenoxy) is 1. The van der Waals surface area contributed by atoms with Crippen molar-refractivity contribution in [2.45, 2.75) is 35.5 Å². The van der Waals surface area contributed by atoms with Crippen molar-refractivity contribution in [2.75, 3.05) is 11.9 Å². The summed E-state index contributed by atoms with van der Waals surface area (Å²) in [6.07, 6.45) is 2.89. The number of halogens is 1. The summed E-state index contributed by atoms with van der Waals surface area (Å²) in [6, 6.07) is 7.68. The molecule has 0 spiro atoms. The molecule has 8 heteroatoms. The largest absolute Gasteiger partial charge is 0.376 e. The molecule has 1 aliphatic heterocycles. The van der Waals surface area contributed by atoms with Crippen molar-refractivity contribution in [2.24, 2.45) is 0 Å². The molecule has 0 radical (unpaired) electrons. The smallest absolute Gasteiger partial charge is 0.246 e. The molecule has 0 atom stereocenters. The second kappa shape index (κ2) is 6.33. The van der Waals surface area contributed by atoms with Gasteiger partial charge in [0.05, 0.1) is 30.0 Å². The Morgan fingerprint density at radius 3 is 2.65 bits per heavy atom. The Morgan fingerprint density at radius 2 is 1.96 bits per heavy atom. The fraction of sp³-hybridized carbons (Fsp3) is 0.333. The zero-order chi connectivity index (χ0) is 18.4. The molecule has 1 aliphatic carbocycles. The van der Waals surface area contributed by atoms with Crippen molar-refractivity contribution in [3.63, 3.8) is 0 Å². The minimum atomic E-state index is -3.80. The van der Waals surface area contributed by atoms with Crippen molar-refractivity contribution < 1.29 is 17.9 Å². The van der Waals surface area contributed by atoms with E-state index in [4.69, 9.17) is 16.3 Å². The highest BCUT2D eigenvalue weighted by atomic mass is 35.5. The van der Waals surface area contributed by atoms with Crippen LogP contribution in [0.4, 0.5) is 5.69 Å². The van der Waals surface area contributed by atoms with E-state index in [2.05, 4.69) is 10.3 Å². The quantitative estimate of drug-likeness (QED) is 0.864. The molecule has 2 heterocycles. The van der Waals surface area contributed by atoms with E-state index in [9.17, 15) is 13.2 Å². The molecule has 0 saturated heterocycles. The maximum absolute atomic E-state index is 13.0. The monoisotopic (exact) mass is 392 g/mol. The van der Waals surface area contributed by atoms with Crippen molar-refractivity contribution in [3.05, 3.63) is 52.8 Å². The molecule has 136 valence electrons. The van der Waals surface area contributed by atoms with Gasteiger partial charge in [0.2, 0.25) is 5.91 Å². The Bertz CT molecular complexity index is 969. The van der Waals surface area contributed by atoms with Crippen LogP contribution in [-0.2, 0) is 32.4 Å². The summed E-state index contributed by atoms with van der Waals surface area (Å²) in [4.78, 5) is 17.2. The Balaban J connectivity index is 1.58. The number of nitrogens with one attached hydrogen (secondary N) is 1. The van der Waals surface area contributed by atoms with Crippen LogP contribution in [0.15, 0.2) is 41.4 Å². The summed E-state index contributed by atoms with van der Waals surface area (Å²) in [5.41, 5.74) is 2.35. The fourth-order valence-corrected chi connectivity index (χ4v) is 5.13. The fourth-order valence-electron chi connectivity index (χ4n) is 3.12. The van der Waals surface area contributed by atoms with Gasteiger partial charge < -0.3 is 10.1 Å². The number of pyridine rings is 1. The molecule has 1 fully saturated rings. The first-order chi connectivity index (χ1) is 12.4. The molecular formula is C18H17ClN2O4S. The van der Waals surface area contributed by atoms with Gasteiger partial charge in [-0.1, -0.05) is 11.6 Å². The summed E-state index contributed by atoms with van der Waals surface area (Å²) in [7, 11) is -3.80. The van der Waals surface area contributed by atoms with Gasteiger partial charge in [0.1, 0.15) is 0 Å². The number of sulfone groups is 1. The van der Waals surface area contributed by atoms with E-state index in [0.717, 1.165) is 17.7 Å². The summed E-state index contributed by atoms with van der Waals surface area (Å²) in [6.45, 7) is 1.08. The number of rotatable bonds is 4. The molecular weight excluding hydrogens is 376 g/mol. The minimum Gasteiger partial charge on any atom is -0.376 e. The first-order valence-electron chi connectivity index (χ1n) is 8.30. The third-order valence-electron chi connectivity index (χ3n) is 4.81. The lowest BCUT2D eigenvalue weighted by atomic mass is 10.1. The minimum absolute atomic E-state index is 0.103. The molecule has 0 bridgehead atoms. The van der Waals surface area contributed by atoms with Gasteiger partial charge in [-0.25, -0.2) is 8.42 Å². The van der Waals surface area contributed by atoms with Crippen LogP contribution < -0.4 is 5.32 Å². The molecule has 1 amide bonds. The highest BCUT2D eigenvalue weighted by Crippen LogP contribution is 2.47. The zero-order valence-corrected chi connectivity index (χ0v) is 15.4. The van der Waals surface area contributed by atoms with Crippen LogP contribution >= 0.6 is 11.6 Å². The van der Waals surface area contributed by atoms with E-state index < -0.39 is 20.5 Å². The molecule has 0 unspecified atom stereocenters. The first-order valence-corrected chi connectivity index (χ1v) is 10.2. The van der Waals surface area contributed by atoms with Crippen LogP contribution in [0.5, 0.6) is 0 Å². The van der Waals surface area contributed by atoms with E-state index >= 15 is 0 Å². The number of hydrogen-bond acceptors (Lipinski definition) is 5. The molecule has 2 aliphatic rings. The van der Waals surface area contributed by atoms with Crippen LogP contribution in [-0.4, -0.2) is 30.7 Å². The first kappa shape index (κ1) is 17.5. The van der Waals surface area contributed by atoms with Crippen LogP contribution in [0, 0.1) is 0 Å². The SMILES string of the molecule is O=C(Nc1cnc2c(c1)COCC2)C1(S(=O)(=O)c2ccc(Cl)cc2)CC1. The number of amides is 1. The number of benzene rings is 1. The third kappa shape index (κ3) is 2.90. The van der Waals surface area contributed by atoms with Crippen molar-refractivity contribution in [1.29, 1.82) is 0 Å². The Hall–Kier alpha value is -1.96. The summed E-state index contributed by atoms with van der Waals surface area (Å²) < 4.78 is 29.9. The summed E-state index contributed by atoms with van der Waals surface area (Å²) in [5.74, 6) is -0.522. The Morgan fingerprint density at radius 1 is 1.23 bits per heavy atom. The second-order valence-corrected chi connectivity index (χ2v) is 9.23. The van der Waals surface area contributed by atoms with Crippen LogP contribution in [0.2, 0.25) is 5.02 Å². The van der Waals surface area contributed by atoms with Crippen LogP contribution in [0.1, 0.15) is 24.1 Å². The number of anilines is 1. The molecule has 1 N–H and O–H groups in total. The van der Waals surface area contributed by atoms with Gasteiger partial charge in [0, 0.05) is 22.7 Å². The number of aromatic nitrogens is 1. The molecule has 1 saturated carbocycles. The number of carbonyl (C=O) groups is 1. The van der Waals surface area contributed by atoms with Gasteiger partial charge >= 0.3 is 0 Å². The maximum Gasteiger partial charge on any atom is 0.246 e. The highest BCUT2D eigenvalue weighted by molar-refractivity contribution is 7.94. The standard InChI is InChI=1S/C18H17ClN2O4S/c19-13-1-3-15(4-2-13)26(23,24)18(6-7-18)17(22)21-14-9-12-11-25-8-5-16(12)20-10-14/h1-4,9-10H,5-8,11H2,(H,21,22). The lowest BCUT2D eigenvalue weighted by Gasteiger charge is -2.19. The van der Waals surface area contributed by atoms with Crippen LogP contribution in [0.3, 0.4) is 0 Å². The van der Waals surface area contributed by atoms with Gasteiger partial charge in [-0.15, -0.1) is 0 Å². The molecule has 2 aromatic rings. The summed E-state index contributed by atoms with van der Waals surface area (Å²) in [5, 5.41) is 3.16. The average molecular weight is 393 g/mol. The van der Waals surface area contributed by atoms with Crippen molar-refractivity contribution in [3.8, 4) is 0 Å². The molecule has 4 rings (SSSR count). The van der Waals surface area contributed by atoms with Gasteiger partial charge in [0.15, 0.2) is 14.6 Å². The maximum atomic E-state index is 13.0. The van der Waals surface area contributed by atoms with E-state index in [0.29, 0.717) is 36.8 Å². The van der Waals surface area contributed by atoms with Gasteiger partial charge in [0.25, 0.3) is 0 Å². The van der Waals surface area contributed by atoms with Crippen molar-refractivity contribution in [1.82, 2.24) is 4.98 Å². The number of nitrogens with zero attached hydrogens (tertiary/aromatic N) is 1. The second-order valence-electron chi connectivity index (χ2n) is 6.54.